The predicted octanol–water partition coefficient (Wildman–Crippen LogP) is 3.44. The Balaban J connectivity index is 1.65. The predicted molar refractivity (Wildman–Crippen MR) is 109 cm³/mol. The van der Waals surface area contributed by atoms with Crippen molar-refractivity contribution in [3.63, 3.8) is 0 Å². The highest BCUT2D eigenvalue weighted by Gasteiger charge is 2.23. The number of aromatic nitrogens is 3. The molecule has 0 bridgehead atoms. The highest BCUT2D eigenvalue weighted by molar-refractivity contribution is 7.20. The van der Waals surface area contributed by atoms with Gasteiger partial charge in [-0.05, 0) is 38.7 Å². The van der Waals surface area contributed by atoms with Gasteiger partial charge in [-0.3, -0.25) is 9.59 Å². The van der Waals surface area contributed by atoms with Crippen molar-refractivity contribution in [1.82, 2.24) is 19.7 Å². The first kappa shape index (κ1) is 18.2. The first-order valence-corrected chi connectivity index (χ1v) is 10.6. The van der Waals surface area contributed by atoms with Gasteiger partial charge in [0.05, 0.1) is 16.4 Å². The zero-order valence-electron chi connectivity index (χ0n) is 16.1. The highest BCUT2D eigenvalue weighted by Crippen LogP contribution is 2.33. The van der Waals surface area contributed by atoms with E-state index in [0.717, 1.165) is 34.9 Å². The third-order valence-electron chi connectivity index (χ3n) is 5.73. The average molecular weight is 387 g/mol. The van der Waals surface area contributed by atoms with Crippen molar-refractivity contribution in [1.29, 1.82) is 0 Å². The van der Waals surface area contributed by atoms with Crippen LogP contribution in [0.1, 0.15) is 44.4 Å². The van der Waals surface area contributed by atoms with E-state index in [1.165, 1.54) is 16.0 Å². The number of amides is 1. The second-order valence-electron chi connectivity index (χ2n) is 7.62. The zero-order chi connectivity index (χ0) is 19.1. The van der Waals surface area contributed by atoms with Crippen LogP contribution in [-0.4, -0.2) is 26.3 Å². The largest absolute Gasteiger partial charge is 0.351 e. The molecule has 0 saturated heterocycles. The third-order valence-corrected chi connectivity index (χ3v) is 6.80. The fourth-order valence-corrected chi connectivity index (χ4v) is 5.31. The lowest BCUT2D eigenvalue weighted by Gasteiger charge is -2.29. The molecule has 1 aliphatic rings. The zero-order valence-corrected chi connectivity index (χ0v) is 16.9. The van der Waals surface area contributed by atoms with Crippen LogP contribution in [0.25, 0.3) is 21.1 Å². The maximum absolute atomic E-state index is 13.1. The van der Waals surface area contributed by atoms with Crippen LogP contribution < -0.4 is 10.9 Å². The number of nitrogens with one attached hydrogen (secondary N) is 1. The van der Waals surface area contributed by atoms with Gasteiger partial charge >= 0.3 is 0 Å². The van der Waals surface area contributed by atoms with E-state index in [1.807, 2.05) is 11.5 Å². The summed E-state index contributed by atoms with van der Waals surface area (Å²) < 4.78 is 4.44. The molecule has 7 heteroatoms. The first-order chi connectivity index (χ1) is 13.0. The minimum absolute atomic E-state index is 0.0282. The van der Waals surface area contributed by atoms with Crippen molar-refractivity contribution in [2.24, 2.45) is 5.92 Å². The number of rotatable bonds is 4. The lowest BCUT2D eigenvalue weighted by molar-refractivity contribution is -0.123. The summed E-state index contributed by atoms with van der Waals surface area (Å²) in [6.07, 6.45) is 6.28. The first-order valence-electron chi connectivity index (χ1n) is 9.77. The third kappa shape index (κ3) is 3.18. The van der Waals surface area contributed by atoms with E-state index >= 15 is 0 Å². The van der Waals surface area contributed by atoms with E-state index in [1.54, 1.807) is 17.5 Å². The van der Waals surface area contributed by atoms with Crippen LogP contribution in [0.2, 0.25) is 0 Å². The van der Waals surface area contributed by atoms with Crippen molar-refractivity contribution in [3.05, 3.63) is 27.5 Å². The molecule has 4 rings (SSSR count). The van der Waals surface area contributed by atoms with Gasteiger partial charge in [0, 0.05) is 22.8 Å². The molecule has 144 valence electrons. The standard InChI is InChI=1S/C20H26N4O2S/c1-4-23-16-9-13(3)27-19(16)14-10-21-24(20(26)18(14)23)11-17(25)22-15-8-6-5-7-12(15)2/h9-10,12,15H,4-8,11H2,1-3H3,(H,22,25)/t12-,15-/m0/s1. The molecule has 2 atom stereocenters. The molecular weight excluding hydrogens is 360 g/mol. The second kappa shape index (κ2) is 7.11. The summed E-state index contributed by atoms with van der Waals surface area (Å²) in [5.74, 6) is 0.358. The number of nitrogens with zero attached hydrogens (tertiary/aromatic N) is 3. The van der Waals surface area contributed by atoms with Gasteiger partial charge in [-0.2, -0.15) is 5.10 Å². The Morgan fingerprint density at radius 1 is 1.37 bits per heavy atom. The molecule has 0 aromatic carbocycles. The number of carbonyl (C=O) groups excluding carboxylic acids is 1. The summed E-state index contributed by atoms with van der Waals surface area (Å²) in [7, 11) is 0. The highest BCUT2D eigenvalue weighted by atomic mass is 32.1. The normalized spacial score (nSPS) is 20.4. The number of aryl methyl sites for hydroxylation is 2. The average Bonchev–Trinajstić information content (AvgIpc) is 3.14. The Kier molecular flexibility index (Phi) is 4.80. The molecule has 3 aromatic rings. The molecule has 1 saturated carbocycles. The summed E-state index contributed by atoms with van der Waals surface area (Å²) in [4.78, 5) is 26.8. The summed E-state index contributed by atoms with van der Waals surface area (Å²) in [5.41, 5.74) is 1.53. The number of carbonyl (C=O) groups is 1. The van der Waals surface area contributed by atoms with Gasteiger partial charge in [0.2, 0.25) is 5.91 Å². The van der Waals surface area contributed by atoms with E-state index in [0.29, 0.717) is 18.0 Å². The van der Waals surface area contributed by atoms with Crippen molar-refractivity contribution < 1.29 is 4.79 Å². The smallest absolute Gasteiger partial charge is 0.291 e. The Hall–Kier alpha value is -2.15. The molecule has 3 heterocycles. The molecule has 27 heavy (non-hydrogen) atoms. The van der Waals surface area contributed by atoms with Crippen LogP contribution in [-0.2, 0) is 17.9 Å². The van der Waals surface area contributed by atoms with Crippen LogP contribution >= 0.6 is 11.3 Å². The maximum Gasteiger partial charge on any atom is 0.291 e. The summed E-state index contributed by atoms with van der Waals surface area (Å²) in [6.45, 7) is 6.97. The van der Waals surface area contributed by atoms with Gasteiger partial charge in [0.1, 0.15) is 12.1 Å². The van der Waals surface area contributed by atoms with E-state index in [4.69, 9.17) is 0 Å². The molecule has 1 N–H and O–H groups in total. The van der Waals surface area contributed by atoms with E-state index < -0.39 is 0 Å². The minimum atomic E-state index is -0.192. The van der Waals surface area contributed by atoms with Gasteiger partial charge in [-0.25, -0.2) is 4.68 Å². The van der Waals surface area contributed by atoms with E-state index in [2.05, 4.69) is 30.3 Å². The molecule has 0 radical (unpaired) electrons. The molecule has 3 aromatic heterocycles. The molecule has 0 unspecified atom stereocenters. The molecule has 1 amide bonds. The summed E-state index contributed by atoms with van der Waals surface area (Å²) >= 11 is 1.68. The quantitative estimate of drug-likeness (QED) is 0.747. The van der Waals surface area contributed by atoms with Gasteiger partial charge in [-0.15, -0.1) is 11.3 Å². The van der Waals surface area contributed by atoms with Gasteiger partial charge in [0.25, 0.3) is 5.56 Å². The molecule has 0 aliphatic heterocycles. The number of hydrogen-bond donors (Lipinski definition) is 1. The Labute approximate surface area is 162 Å². The minimum Gasteiger partial charge on any atom is -0.351 e. The van der Waals surface area contributed by atoms with Gasteiger partial charge < -0.3 is 9.88 Å². The lowest BCUT2D eigenvalue weighted by Crippen LogP contribution is -2.43. The lowest BCUT2D eigenvalue weighted by atomic mass is 9.86. The van der Waals surface area contributed by atoms with Gasteiger partial charge in [-0.1, -0.05) is 19.8 Å². The summed E-state index contributed by atoms with van der Waals surface area (Å²) in [5, 5.41) is 8.29. The van der Waals surface area contributed by atoms with Crippen molar-refractivity contribution in [2.75, 3.05) is 0 Å². The van der Waals surface area contributed by atoms with Crippen LogP contribution in [0, 0.1) is 12.8 Å². The SMILES string of the molecule is CCn1c2cc(C)sc2c2cnn(CC(=O)N[C@H]3CCCC[C@@H]3C)c(=O)c21. The molecule has 1 fully saturated rings. The molecular formula is C20H26N4O2S. The second-order valence-corrected chi connectivity index (χ2v) is 8.88. The van der Waals surface area contributed by atoms with Crippen molar-refractivity contribution >= 4 is 38.4 Å². The van der Waals surface area contributed by atoms with Gasteiger partial charge in [0.15, 0.2) is 0 Å². The van der Waals surface area contributed by atoms with E-state index in [-0.39, 0.29) is 24.1 Å². The van der Waals surface area contributed by atoms with Crippen LogP contribution in [0.15, 0.2) is 17.1 Å². The molecule has 6 nitrogen and oxygen atoms in total. The van der Waals surface area contributed by atoms with Crippen molar-refractivity contribution in [2.45, 2.75) is 65.6 Å². The monoisotopic (exact) mass is 386 g/mol. The molecule has 1 aliphatic carbocycles. The summed E-state index contributed by atoms with van der Waals surface area (Å²) in [6, 6.07) is 2.32. The number of thiophene rings is 1. The fourth-order valence-electron chi connectivity index (χ4n) is 4.28. The van der Waals surface area contributed by atoms with Crippen molar-refractivity contribution in [3.8, 4) is 0 Å². The fraction of sp³-hybridized carbons (Fsp3) is 0.550. The molecule has 0 spiro atoms. The maximum atomic E-state index is 13.1. The number of fused-ring (bicyclic) bond motifs is 3. The topological polar surface area (TPSA) is 68.9 Å². The van der Waals surface area contributed by atoms with Crippen LogP contribution in [0.4, 0.5) is 0 Å². The Morgan fingerprint density at radius 3 is 2.89 bits per heavy atom. The van der Waals surface area contributed by atoms with Crippen LogP contribution in [0.3, 0.4) is 0 Å². The van der Waals surface area contributed by atoms with E-state index in [9.17, 15) is 9.59 Å². The number of hydrogen-bond acceptors (Lipinski definition) is 4. The Morgan fingerprint density at radius 2 is 2.15 bits per heavy atom. The van der Waals surface area contributed by atoms with Crippen LogP contribution in [0.5, 0.6) is 0 Å². The Bertz CT molecular complexity index is 1060.